The number of rotatable bonds is 5. The van der Waals surface area contributed by atoms with Crippen molar-refractivity contribution < 1.29 is 5.11 Å². The van der Waals surface area contributed by atoms with Gasteiger partial charge in [0, 0.05) is 17.8 Å². The number of hydrogen-bond donors (Lipinski definition) is 1. The molecule has 2 aromatic carbocycles. The third-order valence-electron chi connectivity index (χ3n) is 6.15. The van der Waals surface area contributed by atoms with E-state index in [0.29, 0.717) is 6.67 Å². The largest absolute Gasteiger partial charge is 0.506 e. The number of phenolic OH excluding ortho intramolecular Hbond substituents is 1. The van der Waals surface area contributed by atoms with E-state index in [4.69, 9.17) is 4.98 Å². The number of aromatic hydroxyl groups is 1. The Bertz CT molecular complexity index is 1060. The summed E-state index contributed by atoms with van der Waals surface area (Å²) >= 11 is 0. The molecule has 0 atom stereocenters. The molecule has 1 aromatic heterocycles. The summed E-state index contributed by atoms with van der Waals surface area (Å²) in [6, 6.07) is 24.2. The molecule has 154 valence electrons. The predicted molar refractivity (Wildman–Crippen MR) is 122 cm³/mol. The molecule has 4 rings (SSSR count). The number of nitrogens with zero attached hydrogens (tertiary/aromatic N) is 3. The molecule has 3 aromatic rings. The van der Waals surface area contributed by atoms with Gasteiger partial charge in [0.25, 0.3) is 0 Å². The molecule has 4 nitrogen and oxygen atoms in total. The highest BCUT2D eigenvalue weighted by molar-refractivity contribution is 5.60. The minimum atomic E-state index is -0.307. The average Bonchev–Trinajstić information content (AvgIpc) is 3.26. The normalized spacial score (nSPS) is 14.4. The number of aromatic nitrogens is 1. The van der Waals surface area contributed by atoms with E-state index in [9.17, 15) is 5.11 Å². The molecule has 30 heavy (non-hydrogen) atoms. The summed E-state index contributed by atoms with van der Waals surface area (Å²) in [5.74, 6) is 0.284. The average molecular weight is 400 g/mol. The second-order valence-electron chi connectivity index (χ2n) is 8.83. The van der Waals surface area contributed by atoms with Gasteiger partial charge in [0.1, 0.15) is 5.75 Å². The maximum absolute atomic E-state index is 10.2. The predicted octanol–water partition coefficient (Wildman–Crippen LogP) is 5.60. The molecule has 0 saturated heterocycles. The zero-order chi connectivity index (χ0) is 21.4. The molecular weight excluding hydrogens is 370 g/mol. The molecule has 1 N–H and O–H groups in total. The van der Waals surface area contributed by atoms with Crippen LogP contribution in [-0.2, 0) is 11.0 Å². The van der Waals surface area contributed by atoms with Gasteiger partial charge in [-0.2, -0.15) is 0 Å². The van der Waals surface area contributed by atoms with Gasteiger partial charge in [-0.3, -0.25) is 4.98 Å². The number of anilines is 1. The highest BCUT2D eigenvalue weighted by Crippen LogP contribution is 2.36. The lowest BCUT2D eigenvalue weighted by Gasteiger charge is -2.37. The van der Waals surface area contributed by atoms with Crippen LogP contribution in [0.25, 0.3) is 0 Å². The summed E-state index contributed by atoms with van der Waals surface area (Å²) in [7, 11) is 0. The number of phenols is 1. The first kappa shape index (κ1) is 20.0. The zero-order valence-corrected chi connectivity index (χ0v) is 18.1. The van der Waals surface area contributed by atoms with Crippen molar-refractivity contribution in [3.05, 3.63) is 102 Å². The SMILES string of the molecule is CC(C)(c1ccccc1)c1cccc(C(C)(C)N2C=CN(c3ccccc3O)C2)n1. The Hall–Kier alpha value is -3.27. The third-order valence-corrected chi connectivity index (χ3v) is 6.15. The first-order valence-corrected chi connectivity index (χ1v) is 10.3. The van der Waals surface area contributed by atoms with E-state index in [-0.39, 0.29) is 16.7 Å². The maximum atomic E-state index is 10.2. The molecule has 1 aliphatic heterocycles. The lowest BCUT2D eigenvalue weighted by atomic mass is 9.81. The van der Waals surface area contributed by atoms with Crippen LogP contribution in [0.1, 0.15) is 44.6 Å². The molecule has 0 fully saturated rings. The molecule has 0 radical (unpaired) electrons. The summed E-state index contributed by atoms with van der Waals surface area (Å²) in [4.78, 5) is 9.41. The van der Waals surface area contributed by atoms with Crippen LogP contribution in [0.3, 0.4) is 0 Å². The van der Waals surface area contributed by atoms with Gasteiger partial charge in [-0.05, 0) is 43.7 Å². The van der Waals surface area contributed by atoms with Crippen molar-refractivity contribution >= 4 is 5.69 Å². The smallest absolute Gasteiger partial charge is 0.139 e. The van der Waals surface area contributed by atoms with Gasteiger partial charge >= 0.3 is 0 Å². The van der Waals surface area contributed by atoms with Gasteiger partial charge in [0.15, 0.2) is 0 Å². The summed E-state index contributed by atoms with van der Waals surface area (Å²) in [5.41, 5.74) is 3.64. The van der Waals surface area contributed by atoms with E-state index in [1.54, 1.807) is 6.07 Å². The van der Waals surface area contributed by atoms with E-state index < -0.39 is 0 Å². The monoisotopic (exact) mass is 399 g/mol. The molecule has 0 amide bonds. The van der Waals surface area contributed by atoms with Gasteiger partial charge in [-0.15, -0.1) is 0 Å². The number of benzene rings is 2. The van der Waals surface area contributed by atoms with E-state index in [2.05, 4.69) is 86.2 Å². The van der Waals surface area contributed by atoms with Crippen molar-refractivity contribution in [1.82, 2.24) is 9.88 Å². The fraction of sp³-hybridized carbons (Fsp3) is 0.269. The Morgan fingerprint density at radius 1 is 0.767 bits per heavy atom. The van der Waals surface area contributed by atoms with E-state index in [1.165, 1.54) is 5.56 Å². The van der Waals surface area contributed by atoms with Crippen LogP contribution in [0.5, 0.6) is 5.75 Å². The topological polar surface area (TPSA) is 39.6 Å². The fourth-order valence-electron chi connectivity index (χ4n) is 3.92. The molecular formula is C26H29N3O. The molecule has 2 heterocycles. The Labute approximate surface area is 179 Å². The van der Waals surface area contributed by atoms with E-state index in [0.717, 1.165) is 17.1 Å². The van der Waals surface area contributed by atoms with Crippen LogP contribution in [0.2, 0.25) is 0 Å². The lowest BCUT2D eigenvalue weighted by Crippen LogP contribution is -2.40. The molecule has 0 spiro atoms. The summed E-state index contributed by atoms with van der Waals surface area (Å²) in [5, 5.41) is 10.2. The maximum Gasteiger partial charge on any atom is 0.139 e. The highest BCUT2D eigenvalue weighted by atomic mass is 16.3. The van der Waals surface area contributed by atoms with Gasteiger partial charge in [0.05, 0.1) is 29.3 Å². The van der Waals surface area contributed by atoms with Crippen LogP contribution in [-0.4, -0.2) is 21.7 Å². The Balaban J connectivity index is 1.61. The van der Waals surface area contributed by atoms with Gasteiger partial charge in [-0.1, -0.05) is 62.4 Å². The van der Waals surface area contributed by atoms with Gasteiger partial charge < -0.3 is 14.9 Å². The minimum absolute atomic E-state index is 0.184. The molecule has 0 bridgehead atoms. The Morgan fingerprint density at radius 3 is 2.17 bits per heavy atom. The fourth-order valence-corrected chi connectivity index (χ4v) is 3.92. The third kappa shape index (κ3) is 3.54. The molecule has 0 saturated carbocycles. The van der Waals surface area contributed by atoms with Crippen LogP contribution in [0.4, 0.5) is 5.69 Å². The van der Waals surface area contributed by atoms with Crippen molar-refractivity contribution in [1.29, 1.82) is 0 Å². The molecule has 0 unspecified atom stereocenters. The first-order chi connectivity index (χ1) is 14.3. The van der Waals surface area contributed by atoms with Gasteiger partial charge in [-0.25, -0.2) is 0 Å². The standard InChI is InChI=1S/C26H29N3O/c1-25(2,20-11-6-5-7-12-20)23-15-10-16-24(27-23)26(3,4)29-18-17-28(19-29)21-13-8-9-14-22(21)30/h5-18,30H,19H2,1-4H3. The Morgan fingerprint density at radius 2 is 1.43 bits per heavy atom. The quantitative estimate of drug-likeness (QED) is 0.606. The lowest BCUT2D eigenvalue weighted by molar-refractivity contribution is 0.195. The van der Waals surface area contributed by atoms with Gasteiger partial charge in [0.2, 0.25) is 0 Å². The molecule has 1 aliphatic rings. The number of hydrogen-bond acceptors (Lipinski definition) is 4. The zero-order valence-electron chi connectivity index (χ0n) is 18.1. The van der Waals surface area contributed by atoms with Crippen molar-refractivity contribution in [3.8, 4) is 5.75 Å². The van der Waals surface area contributed by atoms with Crippen molar-refractivity contribution in [3.63, 3.8) is 0 Å². The summed E-state index contributed by atoms with van der Waals surface area (Å²) in [6.07, 6.45) is 4.08. The molecule has 4 heteroatoms. The van der Waals surface area contributed by atoms with E-state index in [1.807, 2.05) is 30.5 Å². The van der Waals surface area contributed by atoms with Crippen molar-refractivity contribution in [2.75, 3.05) is 11.6 Å². The number of pyridine rings is 1. The minimum Gasteiger partial charge on any atom is -0.506 e. The Kier molecular flexibility index (Phi) is 5.02. The number of para-hydroxylation sites is 2. The van der Waals surface area contributed by atoms with Crippen molar-refractivity contribution in [2.45, 2.75) is 38.6 Å². The van der Waals surface area contributed by atoms with E-state index >= 15 is 0 Å². The second-order valence-corrected chi connectivity index (χ2v) is 8.83. The highest BCUT2D eigenvalue weighted by Gasteiger charge is 2.33. The summed E-state index contributed by atoms with van der Waals surface area (Å²) in [6.45, 7) is 9.47. The van der Waals surface area contributed by atoms with Crippen molar-refractivity contribution in [2.24, 2.45) is 0 Å². The summed E-state index contributed by atoms with van der Waals surface area (Å²) < 4.78 is 0. The first-order valence-electron chi connectivity index (χ1n) is 10.3. The van der Waals surface area contributed by atoms with Crippen LogP contribution >= 0.6 is 0 Å². The molecule has 0 aliphatic carbocycles. The van der Waals surface area contributed by atoms with Crippen LogP contribution in [0, 0.1) is 0 Å². The van der Waals surface area contributed by atoms with Crippen LogP contribution < -0.4 is 4.90 Å². The second kappa shape index (κ2) is 7.52. The van der Waals surface area contributed by atoms with Crippen LogP contribution in [0.15, 0.2) is 85.2 Å².